The summed E-state index contributed by atoms with van der Waals surface area (Å²) in [7, 11) is 1.42. The van der Waals surface area contributed by atoms with Gasteiger partial charge < -0.3 is 25.0 Å². The average Bonchev–Trinajstić information content (AvgIpc) is 2.67. The predicted octanol–water partition coefficient (Wildman–Crippen LogP) is 2.55. The molecule has 0 aliphatic carbocycles. The molecule has 1 amide bonds. The van der Waals surface area contributed by atoms with Crippen molar-refractivity contribution >= 4 is 6.09 Å². The molecule has 2 unspecified atom stereocenters. The molecule has 26 heavy (non-hydrogen) atoms. The van der Waals surface area contributed by atoms with Crippen molar-refractivity contribution in [2.45, 2.75) is 25.2 Å². The van der Waals surface area contributed by atoms with Gasteiger partial charge in [0.25, 0.3) is 0 Å². The van der Waals surface area contributed by atoms with Crippen molar-refractivity contribution in [2.24, 2.45) is 0 Å². The van der Waals surface area contributed by atoms with Crippen molar-refractivity contribution in [1.29, 1.82) is 0 Å². The van der Waals surface area contributed by atoms with Crippen LogP contribution in [0.5, 0.6) is 5.75 Å². The van der Waals surface area contributed by atoms with Crippen molar-refractivity contribution < 1.29 is 28.9 Å². The van der Waals surface area contributed by atoms with E-state index in [0.717, 1.165) is 11.6 Å². The quantitative estimate of drug-likeness (QED) is 0.671. The maximum atomic E-state index is 13.8. The lowest BCUT2D eigenvalue weighted by Crippen LogP contribution is -2.30. The third kappa shape index (κ3) is 5.72. The third-order valence-corrected chi connectivity index (χ3v) is 3.81. The molecule has 140 valence electrons. The minimum Gasteiger partial charge on any atom is -0.497 e. The van der Waals surface area contributed by atoms with Gasteiger partial charge in [0.2, 0.25) is 0 Å². The lowest BCUT2D eigenvalue weighted by atomic mass is 10.0. The molecule has 2 rings (SSSR count). The molecule has 0 aliphatic rings. The summed E-state index contributed by atoms with van der Waals surface area (Å²) in [6.07, 6.45) is -3.31. The molecule has 3 N–H and O–H groups in total. The van der Waals surface area contributed by atoms with Crippen molar-refractivity contribution in [3.05, 3.63) is 65.5 Å². The fraction of sp³-hybridized carbons (Fsp3) is 0.316. The van der Waals surface area contributed by atoms with Gasteiger partial charge in [-0.3, -0.25) is 0 Å². The topological polar surface area (TPSA) is 88.0 Å². The van der Waals surface area contributed by atoms with E-state index in [-0.39, 0.29) is 25.1 Å². The summed E-state index contributed by atoms with van der Waals surface area (Å²) in [6.45, 7) is 0.199. The lowest BCUT2D eigenvalue weighted by Gasteiger charge is -2.19. The molecule has 0 fully saturated rings. The Morgan fingerprint density at radius 2 is 1.92 bits per heavy atom. The first-order chi connectivity index (χ1) is 12.5. The fourth-order valence-electron chi connectivity index (χ4n) is 2.34. The second-order valence-electron chi connectivity index (χ2n) is 5.68. The highest BCUT2D eigenvalue weighted by atomic mass is 19.1. The molecule has 0 aliphatic heterocycles. The van der Waals surface area contributed by atoms with Crippen LogP contribution in [0.2, 0.25) is 0 Å². The molecule has 7 heteroatoms. The number of hydrogen-bond acceptors (Lipinski definition) is 5. The lowest BCUT2D eigenvalue weighted by molar-refractivity contribution is 0.0115. The summed E-state index contributed by atoms with van der Waals surface area (Å²) in [6, 6.07) is 13.1. The zero-order chi connectivity index (χ0) is 18.9. The van der Waals surface area contributed by atoms with Crippen LogP contribution in [0.3, 0.4) is 0 Å². The molecule has 6 nitrogen and oxygen atoms in total. The van der Waals surface area contributed by atoms with E-state index in [0.29, 0.717) is 5.75 Å². The first kappa shape index (κ1) is 19.7. The van der Waals surface area contributed by atoms with Crippen molar-refractivity contribution in [1.82, 2.24) is 5.32 Å². The Balaban J connectivity index is 1.77. The Bertz CT molecular complexity index is 710. The monoisotopic (exact) mass is 363 g/mol. The number of aliphatic hydroxyl groups is 2. The first-order valence-electron chi connectivity index (χ1n) is 8.15. The highest BCUT2D eigenvalue weighted by Gasteiger charge is 2.22. The number of rotatable bonds is 8. The van der Waals surface area contributed by atoms with Crippen LogP contribution in [0.25, 0.3) is 0 Å². The normalized spacial score (nSPS) is 12.9. The number of hydrogen-bond donors (Lipinski definition) is 3. The summed E-state index contributed by atoms with van der Waals surface area (Å²) < 4.78 is 23.8. The molecule has 0 aromatic heterocycles. The van der Waals surface area contributed by atoms with Crippen LogP contribution in [0.1, 0.15) is 23.7 Å². The van der Waals surface area contributed by atoms with E-state index in [1.807, 2.05) is 30.3 Å². The zero-order valence-corrected chi connectivity index (χ0v) is 14.4. The molecule has 0 heterocycles. The maximum Gasteiger partial charge on any atom is 0.407 e. The second kappa shape index (κ2) is 9.74. The van der Waals surface area contributed by atoms with Crippen LogP contribution in [0.4, 0.5) is 9.18 Å². The van der Waals surface area contributed by atoms with E-state index in [2.05, 4.69) is 5.32 Å². The highest BCUT2D eigenvalue weighted by Crippen LogP contribution is 2.25. The highest BCUT2D eigenvalue weighted by molar-refractivity contribution is 5.67. The fourth-order valence-corrected chi connectivity index (χ4v) is 2.34. The SMILES string of the molecule is COc1ccc(F)c(C(O)C(O)CCNC(=O)OCc2ccccc2)c1. The standard InChI is InChI=1S/C19H22FNO5/c1-25-14-7-8-16(20)15(11-14)18(23)17(22)9-10-21-19(24)26-12-13-5-3-2-4-6-13/h2-8,11,17-18,22-23H,9-10,12H2,1H3,(H,21,24). The number of benzene rings is 2. The van der Waals surface area contributed by atoms with E-state index in [1.165, 1.54) is 19.2 Å². The number of carbonyl (C=O) groups excluding carboxylic acids is 1. The van der Waals surface area contributed by atoms with Gasteiger partial charge in [-0.25, -0.2) is 9.18 Å². The van der Waals surface area contributed by atoms with Crippen LogP contribution in [0, 0.1) is 5.82 Å². The third-order valence-electron chi connectivity index (χ3n) is 3.81. The van der Waals surface area contributed by atoms with Crippen LogP contribution < -0.4 is 10.1 Å². The zero-order valence-electron chi connectivity index (χ0n) is 14.4. The summed E-state index contributed by atoms with van der Waals surface area (Å²) in [5.41, 5.74) is 0.787. The number of amides is 1. The molecule has 0 spiro atoms. The molecule has 0 radical (unpaired) electrons. The molecule has 0 bridgehead atoms. The number of carbonyl (C=O) groups is 1. The minimum absolute atomic E-state index is 0.0260. The Labute approximate surface area is 151 Å². The van der Waals surface area contributed by atoms with E-state index in [4.69, 9.17) is 9.47 Å². The minimum atomic E-state index is -1.44. The van der Waals surface area contributed by atoms with Gasteiger partial charge in [0.05, 0.1) is 13.2 Å². The number of nitrogens with one attached hydrogen (secondary N) is 1. The van der Waals surface area contributed by atoms with Gasteiger partial charge in [0, 0.05) is 12.1 Å². The van der Waals surface area contributed by atoms with Gasteiger partial charge in [-0.15, -0.1) is 0 Å². The summed E-state index contributed by atoms with van der Waals surface area (Å²) in [5, 5.41) is 22.6. The Morgan fingerprint density at radius 3 is 2.62 bits per heavy atom. The van der Waals surface area contributed by atoms with Gasteiger partial charge in [0.15, 0.2) is 0 Å². The van der Waals surface area contributed by atoms with Crippen LogP contribution in [-0.2, 0) is 11.3 Å². The van der Waals surface area contributed by atoms with E-state index < -0.39 is 24.1 Å². The first-order valence-corrected chi connectivity index (χ1v) is 8.15. The van der Waals surface area contributed by atoms with Crippen LogP contribution in [0.15, 0.2) is 48.5 Å². The number of methoxy groups -OCH3 is 1. The molecule has 0 saturated carbocycles. The van der Waals surface area contributed by atoms with Gasteiger partial charge in [-0.05, 0) is 30.2 Å². The van der Waals surface area contributed by atoms with Crippen molar-refractivity contribution in [3.8, 4) is 5.75 Å². The van der Waals surface area contributed by atoms with Gasteiger partial charge in [-0.1, -0.05) is 30.3 Å². The Hall–Kier alpha value is -2.64. The predicted molar refractivity (Wildman–Crippen MR) is 93.2 cm³/mol. The van der Waals surface area contributed by atoms with E-state index >= 15 is 0 Å². The van der Waals surface area contributed by atoms with Gasteiger partial charge in [-0.2, -0.15) is 0 Å². The van der Waals surface area contributed by atoms with Gasteiger partial charge in [0.1, 0.15) is 24.3 Å². The van der Waals surface area contributed by atoms with Crippen molar-refractivity contribution in [2.75, 3.05) is 13.7 Å². The molecule has 2 atom stereocenters. The number of halogens is 1. The van der Waals surface area contributed by atoms with E-state index in [1.54, 1.807) is 0 Å². The number of ether oxygens (including phenoxy) is 2. The smallest absolute Gasteiger partial charge is 0.407 e. The molecular formula is C19H22FNO5. The Kier molecular flexibility index (Phi) is 7.37. The largest absolute Gasteiger partial charge is 0.497 e. The second-order valence-corrected chi connectivity index (χ2v) is 5.68. The molecular weight excluding hydrogens is 341 g/mol. The van der Waals surface area contributed by atoms with Crippen molar-refractivity contribution in [3.63, 3.8) is 0 Å². The van der Waals surface area contributed by atoms with Crippen LogP contribution in [-0.4, -0.2) is 36.1 Å². The number of aliphatic hydroxyl groups excluding tert-OH is 2. The summed E-state index contributed by atoms with van der Waals surface area (Å²) in [4.78, 5) is 11.6. The molecule has 2 aromatic rings. The summed E-state index contributed by atoms with van der Waals surface area (Å²) >= 11 is 0. The average molecular weight is 363 g/mol. The number of alkyl carbamates (subject to hydrolysis) is 1. The van der Waals surface area contributed by atoms with E-state index in [9.17, 15) is 19.4 Å². The van der Waals surface area contributed by atoms with Crippen LogP contribution >= 0.6 is 0 Å². The Morgan fingerprint density at radius 1 is 1.19 bits per heavy atom. The van der Waals surface area contributed by atoms with Gasteiger partial charge >= 0.3 is 6.09 Å². The summed E-state index contributed by atoms with van der Waals surface area (Å²) in [5.74, 6) is -0.275. The maximum absolute atomic E-state index is 13.8. The molecule has 2 aromatic carbocycles. The molecule has 0 saturated heterocycles.